The molecule has 2 aliphatic carbocycles. The van der Waals surface area contributed by atoms with E-state index in [-0.39, 0.29) is 10.8 Å². The molecule has 14 rings (SSSR count). The Labute approximate surface area is 451 Å². The van der Waals surface area contributed by atoms with Crippen LogP contribution >= 0.6 is 0 Å². The molecule has 2 aromatic heterocycles. The summed E-state index contributed by atoms with van der Waals surface area (Å²) in [4.78, 5) is 17.1. The molecule has 0 saturated heterocycles. The molecule has 0 radical (unpaired) electrons. The highest BCUT2D eigenvalue weighted by molar-refractivity contribution is 6.13. The summed E-state index contributed by atoms with van der Waals surface area (Å²) < 4.78 is 2.40. The average Bonchev–Trinajstić information content (AvgIpc) is 4.28. The molecule has 0 spiro atoms. The van der Waals surface area contributed by atoms with Gasteiger partial charge in [-0.2, -0.15) is 9.97 Å². The third kappa shape index (κ3) is 7.30. The number of hydrogen-bond donors (Lipinski definition) is 0. The van der Waals surface area contributed by atoms with E-state index in [1.54, 1.807) is 0 Å². The van der Waals surface area contributed by atoms with Crippen LogP contribution in [-0.2, 0) is 10.8 Å². The average molecular weight is 991 g/mol. The van der Waals surface area contributed by atoms with Crippen molar-refractivity contribution in [2.24, 2.45) is 0 Å². The Morgan fingerprint density at radius 1 is 0.286 bits per heavy atom. The minimum Gasteiger partial charge on any atom is -0.278 e. The van der Waals surface area contributed by atoms with Gasteiger partial charge in [-0.3, -0.25) is 4.57 Å². The van der Waals surface area contributed by atoms with Gasteiger partial charge in [0.05, 0.1) is 11.0 Å². The molecule has 2 heterocycles. The van der Waals surface area contributed by atoms with Gasteiger partial charge in [0.25, 0.3) is 0 Å². The second-order valence-corrected chi connectivity index (χ2v) is 21.2. The first kappa shape index (κ1) is 46.5. The second kappa shape index (κ2) is 18.4. The second-order valence-electron chi connectivity index (χ2n) is 21.2. The van der Waals surface area contributed by atoms with Gasteiger partial charge in [0, 0.05) is 32.7 Å². The van der Waals surface area contributed by atoms with Gasteiger partial charge in [-0.15, -0.1) is 0 Å². The lowest BCUT2D eigenvalue weighted by atomic mass is 9.73. The number of rotatable bonds is 11. The van der Waals surface area contributed by atoms with Crippen molar-refractivity contribution in [1.82, 2.24) is 19.5 Å². The highest BCUT2D eigenvalue weighted by atomic mass is 15.2. The first-order valence-corrected chi connectivity index (χ1v) is 27.6. The molecule has 0 atom stereocenters. The van der Waals surface area contributed by atoms with Crippen molar-refractivity contribution in [3.63, 3.8) is 0 Å². The number of fused-ring (bicyclic) bond motifs is 9. The predicted molar refractivity (Wildman–Crippen MR) is 320 cm³/mol. The van der Waals surface area contributed by atoms with E-state index < -0.39 is 0 Å². The van der Waals surface area contributed by atoms with Crippen LogP contribution in [0.15, 0.2) is 231 Å². The Kier molecular flexibility index (Phi) is 11.1. The van der Waals surface area contributed by atoms with E-state index in [0.29, 0.717) is 17.6 Å². The number of benzene rings is 10. The highest BCUT2D eigenvalue weighted by Gasteiger charge is 2.43. The molecular formula is C73H58N4. The largest absolute Gasteiger partial charge is 0.278 e. The third-order valence-corrected chi connectivity index (χ3v) is 17.6. The molecule has 12 aromatic rings. The van der Waals surface area contributed by atoms with Gasteiger partial charge in [-0.1, -0.05) is 198 Å². The Morgan fingerprint density at radius 2 is 0.597 bits per heavy atom. The minimum atomic E-state index is -0.144. The van der Waals surface area contributed by atoms with Crippen molar-refractivity contribution >= 4 is 21.8 Å². The monoisotopic (exact) mass is 990 g/mol. The van der Waals surface area contributed by atoms with Gasteiger partial charge in [0.2, 0.25) is 5.95 Å². The van der Waals surface area contributed by atoms with E-state index in [1.165, 1.54) is 55.3 Å². The fraction of sp³-hybridized carbons (Fsp3) is 0.137. The zero-order valence-corrected chi connectivity index (χ0v) is 44.1. The molecule has 77 heavy (non-hydrogen) atoms. The van der Waals surface area contributed by atoms with Crippen molar-refractivity contribution in [1.29, 1.82) is 0 Å². The maximum absolute atomic E-state index is 5.76. The maximum atomic E-state index is 5.76. The van der Waals surface area contributed by atoms with Gasteiger partial charge >= 0.3 is 0 Å². The molecule has 2 aliphatic rings. The molecule has 0 saturated carbocycles. The van der Waals surface area contributed by atoms with Crippen LogP contribution in [-0.4, -0.2) is 19.5 Å². The lowest BCUT2D eigenvalue weighted by Crippen LogP contribution is -2.23. The predicted octanol–water partition coefficient (Wildman–Crippen LogP) is 19.1. The van der Waals surface area contributed by atoms with Crippen LogP contribution in [0.1, 0.15) is 75.6 Å². The smallest absolute Gasteiger partial charge is 0.238 e. The van der Waals surface area contributed by atoms with Crippen LogP contribution in [0.5, 0.6) is 0 Å². The Morgan fingerprint density at radius 3 is 0.935 bits per heavy atom. The van der Waals surface area contributed by atoms with Crippen LogP contribution < -0.4 is 0 Å². The van der Waals surface area contributed by atoms with Crippen molar-refractivity contribution in [2.45, 2.75) is 64.2 Å². The van der Waals surface area contributed by atoms with Crippen LogP contribution in [0, 0.1) is 0 Å². The van der Waals surface area contributed by atoms with Crippen LogP contribution in [0.3, 0.4) is 0 Å². The lowest BCUT2D eigenvalue weighted by Gasteiger charge is -2.29. The summed E-state index contributed by atoms with van der Waals surface area (Å²) in [5, 5.41) is 2.39. The number of aromatic nitrogens is 4. The van der Waals surface area contributed by atoms with Crippen LogP contribution in [0.25, 0.3) is 117 Å². The molecule has 0 aliphatic heterocycles. The van der Waals surface area contributed by atoms with E-state index >= 15 is 0 Å². The first-order chi connectivity index (χ1) is 37.9. The van der Waals surface area contributed by atoms with Gasteiger partial charge in [0.15, 0.2) is 11.6 Å². The van der Waals surface area contributed by atoms with Crippen LogP contribution in [0.2, 0.25) is 0 Å². The Hall–Kier alpha value is -8.99. The molecule has 10 aromatic carbocycles. The summed E-state index contributed by atoms with van der Waals surface area (Å²) in [6, 6.07) is 84.5. The third-order valence-electron chi connectivity index (χ3n) is 17.6. The molecule has 0 amide bonds. The zero-order chi connectivity index (χ0) is 51.8. The lowest BCUT2D eigenvalue weighted by molar-refractivity contribution is 0.490. The van der Waals surface area contributed by atoms with Gasteiger partial charge in [-0.05, 0) is 175 Å². The fourth-order valence-electron chi connectivity index (χ4n) is 13.6. The van der Waals surface area contributed by atoms with Gasteiger partial charge in [-0.25, -0.2) is 4.98 Å². The molecule has 0 bridgehead atoms. The Balaban J connectivity index is 1.11. The van der Waals surface area contributed by atoms with E-state index in [9.17, 15) is 0 Å². The summed E-state index contributed by atoms with van der Waals surface area (Å²) in [5.41, 5.74) is 23.5. The SMILES string of the molecule is CCC1(CC)c2ccccc2-c2cc3c4cc5c(cc4n(-c4nc(-c6cc(-c7ccccc7)cc(-c7ccccc7)c6)nc(-c6cc(-c7ccccc7)cc(-c7ccccc7)c6)n4)c3cc21)C(CC)(CC)c1ccccc1-5. The molecule has 4 heteroatoms. The quantitative estimate of drug-likeness (QED) is 0.130. The summed E-state index contributed by atoms with van der Waals surface area (Å²) in [6.07, 6.45) is 3.96. The van der Waals surface area contributed by atoms with Crippen LogP contribution in [0.4, 0.5) is 0 Å². The summed E-state index contributed by atoms with van der Waals surface area (Å²) in [5.74, 6) is 1.80. The van der Waals surface area contributed by atoms with Gasteiger partial charge < -0.3 is 0 Å². The van der Waals surface area contributed by atoms with Crippen molar-refractivity contribution in [2.75, 3.05) is 0 Å². The minimum absolute atomic E-state index is 0.144. The first-order valence-electron chi connectivity index (χ1n) is 27.6. The molecular weight excluding hydrogens is 933 g/mol. The van der Waals surface area contributed by atoms with Crippen molar-refractivity contribution in [3.8, 4) is 95.5 Å². The fourth-order valence-corrected chi connectivity index (χ4v) is 13.6. The topological polar surface area (TPSA) is 43.6 Å². The number of hydrogen-bond acceptors (Lipinski definition) is 3. The summed E-state index contributed by atoms with van der Waals surface area (Å²) in [6.45, 7) is 9.43. The molecule has 0 unspecified atom stereocenters. The molecule has 0 fully saturated rings. The zero-order valence-electron chi connectivity index (χ0n) is 44.1. The molecule has 4 nitrogen and oxygen atoms in total. The number of nitrogens with zero attached hydrogens (tertiary/aromatic N) is 4. The van der Waals surface area contributed by atoms with Crippen molar-refractivity contribution in [3.05, 3.63) is 253 Å². The maximum Gasteiger partial charge on any atom is 0.238 e. The van der Waals surface area contributed by atoms with Gasteiger partial charge in [0.1, 0.15) is 0 Å². The highest BCUT2D eigenvalue weighted by Crippen LogP contribution is 2.57. The standard InChI is InChI=1S/C73H58N4/c1-5-72(6-2)63-35-23-21-33-57(63)59-43-61-62-44-60-58-34-22-24-36-64(58)73(7-3,8-4)66(60)46-68(62)77(67(61)45-65(59)72)71-75-69(55-39-51(47-25-13-9-14-26-47)37-52(40-55)48-27-15-10-16-28-48)74-70(76-71)56-41-53(49-29-17-11-18-30-49)38-54(42-56)50-31-19-12-20-32-50/h9-46H,5-8H2,1-4H3. The Bertz CT molecular complexity index is 3860. The van der Waals surface area contributed by atoms with Crippen molar-refractivity contribution < 1.29 is 0 Å². The van der Waals surface area contributed by atoms with E-state index in [4.69, 9.17) is 15.0 Å². The van der Waals surface area contributed by atoms with E-state index in [1.807, 2.05) is 0 Å². The summed E-state index contributed by atoms with van der Waals surface area (Å²) in [7, 11) is 0. The summed E-state index contributed by atoms with van der Waals surface area (Å²) >= 11 is 0. The normalized spacial score (nSPS) is 13.6. The molecule has 0 N–H and O–H groups in total. The van der Waals surface area contributed by atoms with E-state index in [0.717, 1.165) is 92.4 Å². The molecule has 370 valence electrons. The van der Waals surface area contributed by atoms with E-state index in [2.05, 4.69) is 263 Å².